The van der Waals surface area contributed by atoms with E-state index < -0.39 is 5.97 Å². The molecule has 0 radical (unpaired) electrons. The summed E-state index contributed by atoms with van der Waals surface area (Å²) in [5.74, 6) is -0.922. The van der Waals surface area contributed by atoms with Crippen LogP contribution in [0, 0.1) is 19.8 Å². The van der Waals surface area contributed by atoms with Gasteiger partial charge in [0.2, 0.25) is 0 Å². The van der Waals surface area contributed by atoms with Gasteiger partial charge in [0.15, 0.2) is 0 Å². The molecule has 2 nitrogen and oxygen atoms in total. The second-order valence-electron chi connectivity index (χ2n) is 4.40. The summed E-state index contributed by atoms with van der Waals surface area (Å²) in [7, 11) is 0. The molecule has 0 aromatic heterocycles. The smallest absolute Gasteiger partial charge is 0.306 e. The van der Waals surface area contributed by atoms with Gasteiger partial charge < -0.3 is 5.11 Å². The van der Waals surface area contributed by atoms with E-state index in [0.717, 1.165) is 12.8 Å². The van der Waals surface area contributed by atoms with Crippen LogP contribution < -0.4 is 0 Å². The Morgan fingerprint density at radius 1 is 1.31 bits per heavy atom. The molecule has 0 bridgehead atoms. The maximum atomic E-state index is 11.1. The van der Waals surface area contributed by atoms with E-state index in [-0.39, 0.29) is 5.92 Å². The number of aliphatic carboxylic acids is 1. The lowest BCUT2D eigenvalue weighted by Gasteiger charge is -2.15. The molecule has 1 N–H and O–H groups in total. The third-order valence-corrected chi connectivity index (χ3v) is 3.08. The molecule has 2 heteroatoms. The molecule has 1 rings (SSSR count). The highest BCUT2D eigenvalue weighted by molar-refractivity contribution is 5.70. The lowest BCUT2D eigenvalue weighted by molar-refractivity contribution is -0.141. The van der Waals surface area contributed by atoms with E-state index in [2.05, 4.69) is 0 Å². The van der Waals surface area contributed by atoms with Gasteiger partial charge >= 0.3 is 5.97 Å². The van der Waals surface area contributed by atoms with Crippen LogP contribution in [0.2, 0.25) is 0 Å². The zero-order chi connectivity index (χ0) is 12.1. The van der Waals surface area contributed by atoms with Gasteiger partial charge in [0.25, 0.3) is 0 Å². The fraction of sp³-hybridized carbons (Fsp3) is 0.500. The molecule has 1 unspecified atom stereocenters. The molecule has 0 aliphatic carbocycles. The summed E-state index contributed by atoms with van der Waals surface area (Å²) in [6.07, 6.45) is 2.33. The van der Waals surface area contributed by atoms with Gasteiger partial charge in [-0.3, -0.25) is 4.79 Å². The van der Waals surface area contributed by atoms with Gasteiger partial charge in [-0.25, -0.2) is 0 Å². The molecular formula is C14H20O2. The Labute approximate surface area is 97.3 Å². The van der Waals surface area contributed by atoms with Gasteiger partial charge in [-0.05, 0) is 43.4 Å². The Morgan fingerprint density at radius 2 is 1.88 bits per heavy atom. The number of benzene rings is 1. The molecule has 1 aromatic carbocycles. The molecule has 1 atom stereocenters. The lowest BCUT2D eigenvalue weighted by atomic mass is 9.90. The largest absolute Gasteiger partial charge is 0.481 e. The van der Waals surface area contributed by atoms with Crippen molar-refractivity contribution in [3.8, 4) is 0 Å². The van der Waals surface area contributed by atoms with Crippen LogP contribution >= 0.6 is 0 Å². The predicted molar refractivity (Wildman–Crippen MR) is 65.7 cm³/mol. The third kappa shape index (κ3) is 3.09. The highest BCUT2D eigenvalue weighted by Crippen LogP contribution is 2.20. The number of hydrogen-bond acceptors (Lipinski definition) is 1. The minimum absolute atomic E-state index is 0.246. The Kier molecular flexibility index (Phi) is 4.53. The van der Waals surface area contributed by atoms with Crippen LogP contribution in [0.15, 0.2) is 18.2 Å². The zero-order valence-electron chi connectivity index (χ0n) is 10.3. The maximum Gasteiger partial charge on any atom is 0.306 e. The topological polar surface area (TPSA) is 37.3 Å². The number of carboxylic acid groups (broad SMARTS) is 1. The van der Waals surface area contributed by atoms with Crippen LogP contribution in [0.4, 0.5) is 0 Å². The first-order valence-electron chi connectivity index (χ1n) is 5.84. The second kappa shape index (κ2) is 5.69. The second-order valence-corrected chi connectivity index (χ2v) is 4.40. The van der Waals surface area contributed by atoms with Crippen molar-refractivity contribution in [2.45, 2.75) is 40.0 Å². The zero-order valence-corrected chi connectivity index (χ0v) is 10.3. The molecule has 0 aliphatic heterocycles. The van der Waals surface area contributed by atoms with E-state index in [9.17, 15) is 4.79 Å². The molecule has 1 aromatic rings. The van der Waals surface area contributed by atoms with Crippen molar-refractivity contribution in [3.05, 3.63) is 34.9 Å². The van der Waals surface area contributed by atoms with Crippen molar-refractivity contribution in [3.63, 3.8) is 0 Å². The molecule has 0 spiro atoms. The summed E-state index contributed by atoms with van der Waals surface area (Å²) in [5.41, 5.74) is 3.59. The molecule has 0 heterocycles. The highest BCUT2D eigenvalue weighted by Gasteiger charge is 2.18. The van der Waals surface area contributed by atoms with E-state index in [1.54, 1.807) is 0 Å². The molecule has 0 saturated heterocycles. The molecule has 16 heavy (non-hydrogen) atoms. The number of carboxylic acids is 1. The van der Waals surface area contributed by atoms with Crippen LogP contribution in [-0.2, 0) is 11.2 Å². The summed E-state index contributed by atoms with van der Waals surface area (Å²) in [6, 6.07) is 6.12. The van der Waals surface area contributed by atoms with Crippen molar-refractivity contribution in [2.75, 3.05) is 0 Å². The van der Waals surface area contributed by atoms with Gasteiger partial charge in [-0.15, -0.1) is 0 Å². The van der Waals surface area contributed by atoms with Crippen LogP contribution in [-0.4, -0.2) is 11.1 Å². The van der Waals surface area contributed by atoms with Crippen molar-refractivity contribution in [2.24, 2.45) is 5.92 Å². The normalized spacial score (nSPS) is 12.4. The van der Waals surface area contributed by atoms with Gasteiger partial charge in [-0.1, -0.05) is 31.5 Å². The monoisotopic (exact) mass is 220 g/mol. The number of rotatable bonds is 5. The fourth-order valence-corrected chi connectivity index (χ4v) is 2.08. The van der Waals surface area contributed by atoms with Crippen molar-refractivity contribution >= 4 is 5.97 Å². The quantitative estimate of drug-likeness (QED) is 0.826. The van der Waals surface area contributed by atoms with E-state index in [0.29, 0.717) is 6.42 Å². The van der Waals surface area contributed by atoms with Crippen LogP contribution in [0.3, 0.4) is 0 Å². The standard InChI is InChI=1S/C14H20O2/c1-4-6-12(14(15)16)9-13-10(2)7-5-8-11(13)3/h5,7-8,12H,4,6,9H2,1-3H3,(H,15,16). The van der Waals surface area contributed by atoms with Crippen LogP contribution in [0.5, 0.6) is 0 Å². The summed E-state index contributed by atoms with van der Waals surface area (Å²) in [4.78, 5) is 11.1. The van der Waals surface area contributed by atoms with Gasteiger partial charge in [-0.2, -0.15) is 0 Å². The molecule has 0 aliphatic rings. The Morgan fingerprint density at radius 3 is 2.31 bits per heavy atom. The summed E-state index contributed by atoms with van der Waals surface area (Å²) in [6.45, 7) is 6.13. The third-order valence-electron chi connectivity index (χ3n) is 3.08. The summed E-state index contributed by atoms with van der Waals surface area (Å²) in [5, 5.41) is 9.15. The van der Waals surface area contributed by atoms with E-state index in [1.807, 2.05) is 39.0 Å². The first kappa shape index (κ1) is 12.8. The molecular weight excluding hydrogens is 200 g/mol. The Balaban J connectivity index is 2.89. The van der Waals surface area contributed by atoms with Crippen LogP contribution in [0.1, 0.15) is 36.5 Å². The highest BCUT2D eigenvalue weighted by atomic mass is 16.4. The van der Waals surface area contributed by atoms with Crippen molar-refractivity contribution in [1.82, 2.24) is 0 Å². The SMILES string of the molecule is CCCC(Cc1c(C)cccc1C)C(=O)O. The van der Waals surface area contributed by atoms with Gasteiger partial charge in [0.1, 0.15) is 0 Å². The van der Waals surface area contributed by atoms with E-state index in [1.165, 1.54) is 16.7 Å². The van der Waals surface area contributed by atoms with E-state index >= 15 is 0 Å². The molecule has 88 valence electrons. The first-order chi connectivity index (χ1) is 7.56. The summed E-state index contributed by atoms with van der Waals surface area (Å²) < 4.78 is 0. The molecule has 0 amide bonds. The summed E-state index contributed by atoms with van der Waals surface area (Å²) >= 11 is 0. The Bertz CT molecular complexity index is 349. The number of hydrogen-bond donors (Lipinski definition) is 1. The van der Waals surface area contributed by atoms with Gasteiger partial charge in [0, 0.05) is 0 Å². The first-order valence-corrected chi connectivity index (χ1v) is 5.84. The van der Waals surface area contributed by atoms with Crippen molar-refractivity contribution in [1.29, 1.82) is 0 Å². The number of aryl methyl sites for hydroxylation is 2. The van der Waals surface area contributed by atoms with Crippen molar-refractivity contribution < 1.29 is 9.90 Å². The average molecular weight is 220 g/mol. The number of carbonyl (C=O) groups is 1. The predicted octanol–water partition coefficient (Wildman–Crippen LogP) is 3.35. The minimum Gasteiger partial charge on any atom is -0.481 e. The average Bonchev–Trinajstić information content (AvgIpc) is 2.21. The molecule has 0 saturated carbocycles. The lowest BCUT2D eigenvalue weighted by Crippen LogP contribution is -2.17. The van der Waals surface area contributed by atoms with Gasteiger partial charge in [0.05, 0.1) is 5.92 Å². The minimum atomic E-state index is -0.676. The van der Waals surface area contributed by atoms with Crippen LogP contribution in [0.25, 0.3) is 0 Å². The fourth-order valence-electron chi connectivity index (χ4n) is 2.08. The van der Waals surface area contributed by atoms with E-state index in [4.69, 9.17) is 5.11 Å². The molecule has 0 fully saturated rings. The maximum absolute atomic E-state index is 11.1. The Hall–Kier alpha value is -1.31.